The van der Waals surface area contributed by atoms with Gasteiger partial charge >= 0.3 is 0 Å². The predicted octanol–water partition coefficient (Wildman–Crippen LogP) is 2.94. The second-order valence-electron chi connectivity index (χ2n) is 4.39. The molecule has 0 spiro atoms. The molecule has 0 aliphatic rings. The summed E-state index contributed by atoms with van der Waals surface area (Å²) in [5.74, 6) is 0.815. The third kappa shape index (κ3) is 3.02. The van der Waals surface area contributed by atoms with E-state index in [4.69, 9.17) is 10.3 Å². The van der Waals surface area contributed by atoms with Gasteiger partial charge in [-0.3, -0.25) is 0 Å². The van der Waals surface area contributed by atoms with Crippen LogP contribution in [0, 0.1) is 0 Å². The fraction of sp³-hybridized carbons (Fsp3) is 0.167. The SMILES string of the molecule is CC(I)(I)c1nn(-c2nccc(N)n2)cc1-c1ccon1. The molecule has 0 bridgehead atoms. The molecule has 108 valence electrons. The van der Waals surface area contributed by atoms with Crippen LogP contribution in [0.5, 0.6) is 0 Å². The summed E-state index contributed by atoms with van der Waals surface area (Å²) in [6.45, 7) is 2.06. The molecule has 0 radical (unpaired) electrons. The first-order valence-electron chi connectivity index (χ1n) is 5.93. The zero-order valence-electron chi connectivity index (χ0n) is 10.9. The van der Waals surface area contributed by atoms with Gasteiger partial charge in [-0.05, 0) is 13.0 Å². The van der Waals surface area contributed by atoms with Gasteiger partial charge in [0.2, 0.25) is 0 Å². The number of nitrogens with zero attached hydrogens (tertiary/aromatic N) is 5. The van der Waals surface area contributed by atoms with E-state index >= 15 is 0 Å². The highest BCUT2D eigenvalue weighted by Gasteiger charge is 2.28. The molecule has 3 rings (SSSR count). The molecule has 0 fully saturated rings. The number of alkyl halides is 2. The van der Waals surface area contributed by atoms with Crippen LogP contribution in [0.3, 0.4) is 0 Å². The monoisotopic (exact) mass is 508 g/mol. The van der Waals surface area contributed by atoms with E-state index in [-0.39, 0.29) is 1.43 Å². The van der Waals surface area contributed by atoms with Gasteiger partial charge in [-0.2, -0.15) is 10.1 Å². The molecule has 3 heterocycles. The lowest BCUT2D eigenvalue weighted by molar-refractivity contribution is 0.422. The minimum absolute atomic E-state index is 0.213. The molecule has 21 heavy (non-hydrogen) atoms. The Morgan fingerprint density at radius 2 is 2.14 bits per heavy atom. The number of hydrogen-bond donors (Lipinski definition) is 1. The van der Waals surface area contributed by atoms with Crippen molar-refractivity contribution in [3.63, 3.8) is 0 Å². The van der Waals surface area contributed by atoms with Crippen molar-refractivity contribution in [2.75, 3.05) is 5.73 Å². The number of nitrogens with two attached hydrogens (primary N) is 1. The quantitative estimate of drug-likeness (QED) is 0.432. The van der Waals surface area contributed by atoms with E-state index < -0.39 is 0 Å². The van der Waals surface area contributed by atoms with Crippen LogP contribution in [0.25, 0.3) is 17.2 Å². The van der Waals surface area contributed by atoms with Gasteiger partial charge in [0.05, 0.1) is 5.69 Å². The highest BCUT2D eigenvalue weighted by atomic mass is 127. The Kier molecular flexibility index (Phi) is 3.86. The van der Waals surface area contributed by atoms with E-state index in [0.717, 1.165) is 17.0 Å². The second-order valence-corrected chi connectivity index (χ2v) is 10.8. The lowest BCUT2D eigenvalue weighted by atomic mass is 10.1. The molecule has 7 nitrogen and oxygen atoms in total. The molecule has 0 aliphatic heterocycles. The molecule has 3 aromatic rings. The van der Waals surface area contributed by atoms with Crippen molar-refractivity contribution in [2.24, 2.45) is 0 Å². The molecule has 0 saturated carbocycles. The van der Waals surface area contributed by atoms with Crippen molar-refractivity contribution in [1.29, 1.82) is 0 Å². The van der Waals surface area contributed by atoms with Crippen molar-refractivity contribution >= 4 is 51.0 Å². The Morgan fingerprint density at radius 1 is 1.33 bits per heavy atom. The normalized spacial score (nSPS) is 11.8. The maximum atomic E-state index is 5.70. The molecule has 0 amide bonds. The highest BCUT2D eigenvalue weighted by Crippen LogP contribution is 2.42. The van der Waals surface area contributed by atoms with Crippen LogP contribution in [0.4, 0.5) is 5.82 Å². The zero-order chi connectivity index (χ0) is 15.0. The van der Waals surface area contributed by atoms with Crippen molar-refractivity contribution in [1.82, 2.24) is 24.9 Å². The fourth-order valence-electron chi connectivity index (χ4n) is 1.81. The molecule has 0 aliphatic carbocycles. The van der Waals surface area contributed by atoms with Crippen molar-refractivity contribution in [2.45, 2.75) is 8.35 Å². The Hall–Kier alpha value is -1.24. The molecule has 0 unspecified atom stereocenters. The van der Waals surface area contributed by atoms with E-state index in [0.29, 0.717) is 11.8 Å². The summed E-state index contributed by atoms with van der Waals surface area (Å²) in [7, 11) is 0. The van der Waals surface area contributed by atoms with Crippen LogP contribution in [-0.2, 0) is 1.43 Å². The Bertz CT molecular complexity index is 762. The van der Waals surface area contributed by atoms with Gasteiger partial charge in [0.1, 0.15) is 19.2 Å². The van der Waals surface area contributed by atoms with Gasteiger partial charge in [-0.1, -0.05) is 50.3 Å². The Balaban J connectivity index is 2.17. The molecule has 9 heteroatoms. The summed E-state index contributed by atoms with van der Waals surface area (Å²) in [6, 6.07) is 3.43. The molecular weight excluding hydrogens is 498 g/mol. The van der Waals surface area contributed by atoms with Gasteiger partial charge in [0.25, 0.3) is 5.95 Å². The first kappa shape index (κ1) is 14.7. The third-order valence-corrected chi connectivity index (χ3v) is 3.73. The number of hydrogen-bond acceptors (Lipinski definition) is 6. The van der Waals surface area contributed by atoms with Crippen molar-refractivity contribution in [3.8, 4) is 17.2 Å². The summed E-state index contributed by atoms with van der Waals surface area (Å²) >= 11 is 4.64. The number of aromatic nitrogens is 5. The lowest BCUT2D eigenvalue weighted by Crippen LogP contribution is -2.08. The largest absolute Gasteiger partial charge is 0.384 e. The standard InChI is InChI=1S/C12H10I2N6O/c1-12(13,14)10-7(8-3-5-21-19-8)6-20(18-10)11-16-4-2-9(15)17-11/h2-6H,1H3,(H2,15,16,17). The van der Waals surface area contributed by atoms with Crippen LogP contribution < -0.4 is 5.73 Å². The van der Waals surface area contributed by atoms with E-state index in [2.05, 4.69) is 72.3 Å². The maximum Gasteiger partial charge on any atom is 0.252 e. The zero-order valence-corrected chi connectivity index (χ0v) is 15.2. The minimum atomic E-state index is -0.213. The Morgan fingerprint density at radius 3 is 2.76 bits per heavy atom. The van der Waals surface area contributed by atoms with Gasteiger partial charge in [0, 0.05) is 24.0 Å². The number of halogens is 2. The molecule has 0 atom stereocenters. The first-order valence-corrected chi connectivity index (χ1v) is 8.08. The number of anilines is 1. The van der Waals surface area contributed by atoms with Gasteiger partial charge in [0.15, 0.2) is 0 Å². The summed E-state index contributed by atoms with van der Waals surface area (Å²) in [5.41, 5.74) is 8.16. The van der Waals surface area contributed by atoms with Crippen molar-refractivity contribution in [3.05, 3.63) is 36.5 Å². The second kappa shape index (κ2) is 5.51. The van der Waals surface area contributed by atoms with E-state index in [9.17, 15) is 0 Å². The molecule has 0 aromatic carbocycles. The summed E-state index contributed by atoms with van der Waals surface area (Å²) in [6.07, 6.45) is 4.96. The average molecular weight is 508 g/mol. The third-order valence-electron chi connectivity index (χ3n) is 2.71. The van der Waals surface area contributed by atoms with Gasteiger partial charge < -0.3 is 10.3 Å². The predicted molar refractivity (Wildman–Crippen MR) is 94.5 cm³/mol. The van der Waals surface area contributed by atoms with Crippen LogP contribution in [0.15, 0.2) is 35.3 Å². The summed E-state index contributed by atoms with van der Waals surface area (Å²) in [5, 5.41) is 8.57. The maximum absolute atomic E-state index is 5.70. The number of nitrogen functional groups attached to an aromatic ring is 1. The van der Waals surface area contributed by atoms with E-state index in [1.54, 1.807) is 23.0 Å². The smallest absolute Gasteiger partial charge is 0.252 e. The number of rotatable bonds is 3. The van der Waals surface area contributed by atoms with Crippen molar-refractivity contribution < 1.29 is 4.52 Å². The molecule has 2 N–H and O–H groups in total. The van der Waals surface area contributed by atoms with E-state index in [1.807, 2.05) is 6.20 Å². The molecular formula is C12H10I2N6O. The summed E-state index contributed by atoms with van der Waals surface area (Å²) < 4.78 is 6.32. The van der Waals surface area contributed by atoms with Crippen LogP contribution in [-0.4, -0.2) is 24.9 Å². The van der Waals surface area contributed by atoms with Gasteiger partial charge in [-0.15, -0.1) is 0 Å². The minimum Gasteiger partial charge on any atom is -0.384 e. The molecule has 3 aromatic heterocycles. The fourth-order valence-corrected chi connectivity index (χ4v) is 2.61. The summed E-state index contributed by atoms with van der Waals surface area (Å²) in [4.78, 5) is 8.37. The topological polar surface area (TPSA) is 95.7 Å². The van der Waals surface area contributed by atoms with Crippen LogP contribution in [0.1, 0.15) is 12.6 Å². The Labute approximate surface area is 147 Å². The average Bonchev–Trinajstić information content (AvgIpc) is 3.07. The van der Waals surface area contributed by atoms with Crippen LogP contribution in [0.2, 0.25) is 0 Å². The lowest BCUT2D eigenvalue weighted by Gasteiger charge is -2.12. The molecule has 0 saturated heterocycles. The van der Waals surface area contributed by atoms with Crippen LogP contribution >= 0.6 is 45.2 Å². The highest BCUT2D eigenvalue weighted by molar-refractivity contribution is 14.2. The van der Waals surface area contributed by atoms with E-state index in [1.165, 1.54) is 6.26 Å². The van der Waals surface area contributed by atoms with Gasteiger partial charge in [-0.25, -0.2) is 9.67 Å². The first-order chi connectivity index (χ1) is 9.95.